The summed E-state index contributed by atoms with van der Waals surface area (Å²) in [5.41, 5.74) is 0. The Hall–Kier alpha value is 0.650. The molecule has 0 amide bonds. The van der Waals surface area contributed by atoms with Crippen LogP contribution in [0.1, 0.15) is 0 Å². The average molecular weight is 132 g/mol. The SMILES string of the molecule is [Na+].[PH-]c1ccccc1. The summed E-state index contributed by atoms with van der Waals surface area (Å²) in [5.74, 6) is 0. The number of hydrogen-bond donors (Lipinski definition) is 0. The predicted octanol–water partition coefficient (Wildman–Crippen LogP) is -1.54. The number of benzene rings is 1. The second-order valence-electron chi connectivity index (χ2n) is 1.37. The fraction of sp³-hybridized carbons (Fsp3) is 0. The fourth-order valence-corrected chi connectivity index (χ4v) is 0.631. The zero-order valence-electron chi connectivity index (χ0n) is 4.89. The Kier molecular flexibility index (Phi) is 4.89. The maximum absolute atomic E-state index is 3.36. The van der Waals surface area contributed by atoms with Crippen LogP contribution in [0.5, 0.6) is 0 Å². The molecule has 0 nitrogen and oxygen atoms in total. The maximum atomic E-state index is 3.36. The summed E-state index contributed by atoms with van der Waals surface area (Å²) < 4.78 is 0. The van der Waals surface area contributed by atoms with Gasteiger partial charge in [-0.15, -0.1) is 0 Å². The Morgan fingerprint density at radius 1 is 1.00 bits per heavy atom. The summed E-state index contributed by atoms with van der Waals surface area (Å²) in [6.45, 7) is 0. The van der Waals surface area contributed by atoms with Gasteiger partial charge in [0.2, 0.25) is 0 Å². The van der Waals surface area contributed by atoms with E-state index in [4.69, 9.17) is 0 Å². The molecule has 1 rings (SSSR count). The van der Waals surface area contributed by atoms with Crippen molar-refractivity contribution in [1.29, 1.82) is 0 Å². The quantitative estimate of drug-likeness (QED) is 0.296. The summed E-state index contributed by atoms with van der Waals surface area (Å²) in [4.78, 5) is 0. The Bertz CT molecular complexity index is 138. The van der Waals surface area contributed by atoms with Crippen LogP contribution < -0.4 is 34.9 Å². The summed E-state index contributed by atoms with van der Waals surface area (Å²) >= 11 is 0. The maximum Gasteiger partial charge on any atom is 1.00 e. The molecule has 0 aliphatic carbocycles. The molecule has 0 saturated heterocycles. The van der Waals surface area contributed by atoms with Crippen LogP contribution in [-0.4, -0.2) is 0 Å². The Balaban J connectivity index is 0.000000490. The van der Waals surface area contributed by atoms with Crippen LogP contribution in [-0.2, 0) is 0 Å². The zero-order valence-corrected chi connectivity index (χ0v) is 7.89. The van der Waals surface area contributed by atoms with E-state index in [2.05, 4.69) is 9.24 Å². The molecule has 0 saturated carbocycles. The molecular formula is C6H6NaP. The minimum absolute atomic E-state index is 0. The third-order valence-corrected chi connectivity index (χ3v) is 1.11. The smallest absolute Gasteiger partial charge is 0.525 e. The van der Waals surface area contributed by atoms with Crippen molar-refractivity contribution in [2.45, 2.75) is 0 Å². The summed E-state index contributed by atoms with van der Waals surface area (Å²) in [6.07, 6.45) is 0. The van der Waals surface area contributed by atoms with Gasteiger partial charge in [-0.2, -0.15) is 0 Å². The van der Waals surface area contributed by atoms with Gasteiger partial charge in [-0.1, -0.05) is 30.3 Å². The van der Waals surface area contributed by atoms with Crippen molar-refractivity contribution < 1.29 is 29.6 Å². The Labute approximate surface area is 74.2 Å². The van der Waals surface area contributed by atoms with E-state index >= 15 is 0 Å². The van der Waals surface area contributed by atoms with Crippen LogP contribution in [0, 0.1) is 0 Å². The third-order valence-electron chi connectivity index (χ3n) is 0.774. The third kappa shape index (κ3) is 2.84. The van der Waals surface area contributed by atoms with Gasteiger partial charge in [-0.05, 0) is 0 Å². The van der Waals surface area contributed by atoms with Crippen molar-refractivity contribution in [3.63, 3.8) is 0 Å². The first-order chi connectivity index (χ1) is 3.39. The van der Waals surface area contributed by atoms with E-state index < -0.39 is 0 Å². The Morgan fingerprint density at radius 2 is 1.50 bits per heavy atom. The van der Waals surface area contributed by atoms with E-state index in [9.17, 15) is 0 Å². The van der Waals surface area contributed by atoms with Crippen LogP contribution in [0.3, 0.4) is 0 Å². The van der Waals surface area contributed by atoms with E-state index in [0.29, 0.717) is 0 Å². The topological polar surface area (TPSA) is 0 Å². The van der Waals surface area contributed by atoms with Crippen molar-refractivity contribution in [1.82, 2.24) is 0 Å². The van der Waals surface area contributed by atoms with Gasteiger partial charge in [0.15, 0.2) is 0 Å². The van der Waals surface area contributed by atoms with E-state index in [-0.39, 0.29) is 29.6 Å². The van der Waals surface area contributed by atoms with E-state index in [0.717, 1.165) is 5.30 Å². The monoisotopic (exact) mass is 132 g/mol. The summed E-state index contributed by atoms with van der Waals surface area (Å²) in [5, 5.41) is 1.13. The normalized spacial score (nSPS) is 7.62. The molecule has 8 heavy (non-hydrogen) atoms. The largest absolute Gasteiger partial charge is 1.00 e. The van der Waals surface area contributed by atoms with Gasteiger partial charge >= 0.3 is 29.6 Å². The van der Waals surface area contributed by atoms with Crippen molar-refractivity contribution >= 4 is 14.5 Å². The summed E-state index contributed by atoms with van der Waals surface area (Å²) in [7, 11) is 3.36. The van der Waals surface area contributed by atoms with E-state index in [1.165, 1.54) is 0 Å². The predicted molar refractivity (Wildman–Crippen MR) is 34.4 cm³/mol. The molecule has 1 aromatic rings. The number of rotatable bonds is 0. The minimum Gasteiger partial charge on any atom is -0.525 e. The van der Waals surface area contributed by atoms with Crippen LogP contribution in [0.2, 0.25) is 0 Å². The zero-order chi connectivity index (χ0) is 5.11. The van der Waals surface area contributed by atoms with Gasteiger partial charge in [0, 0.05) is 0 Å². The molecule has 0 N–H and O–H groups in total. The van der Waals surface area contributed by atoms with Crippen molar-refractivity contribution in [2.24, 2.45) is 0 Å². The van der Waals surface area contributed by atoms with Crippen molar-refractivity contribution in [3.8, 4) is 0 Å². The van der Waals surface area contributed by atoms with Gasteiger partial charge in [-0.25, -0.2) is 5.30 Å². The molecule has 0 aliphatic heterocycles. The first-order valence-electron chi connectivity index (χ1n) is 2.16. The molecule has 0 aromatic heterocycles. The molecular weight excluding hydrogens is 126 g/mol. The molecule has 0 fully saturated rings. The van der Waals surface area contributed by atoms with Crippen molar-refractivity contribution in [2.75, 3.05) is 0 Å². The first kappa shape index (κ1) is 8.65. The fourth-order valence-electron chi connectivity index (χ4n) is 0.438. The standard InChI is InChI=1S/C6H6P.Na/c7-6-4-2-1-3-5-6;/h1-5,7H;/q-1;+1. The van der Waals surface area contributed by atoms with Crippen LogP contribution in [0.25, 0.3) is 0 Å². The second kappa shape index (κ2) is 4.52. The number of hydrogen-bond acceptors (Lipinski definition) is 0. The molecule has 0 atom stereocenters. The molecule has 1 aromatic carbocycles. The minimum atomic E-state index is 0. The van der Waals surface area contributed by atoms with Crippen molar-refractivity contribution in [3.05, 3.63) is 30.3 Å². The van der Waals surface area contributed by atoms with Gasteiger partial charge in [-0.3, -0.25) is 0 Å². The van der Waals surface area contributed by atoms with Crippen LogP contribution in [0.4, 0.5) is 0 Å². The molecule has 0 radical (unpaired) electrons. The Morgan fingerprint density at radius 3 is 1.75 bits per heavy atom. The van der Waals surface area contributed by atoms with Gasteiger partial charge in [0.05, 0.1) is 0 Å². The molecule has 0 aliphatic rings. The average Bonchev–Trinajstić information content (AvgIpc) is 1.69. The van der Waals surface area contributed by atoms with Crippen LogP contribution >= 0.6 is 9.24 Å². The van der Waals surface area contributed by atoms with Gasteiger partial charge in [0.25, 0.3) is 0 Å². The molecule has 0 bridgehead atoms. The molecule has 0 spiro atoms. The molecule has 36 valence electrons. The van der Waals surface area contributed by atoms with Crippen LogP contribution in [0.15, 0.2) is 30.3 Å². The van der Waals surface area contributed by atoms with E-state index in [1.807, 2.05) is 30.3 Å². The van der Waals surface area contributed by atoms with Gasteiger partial charge in [0.1, 0.15) is 0 Å². The van der Waals surface area contributed by atoms with E-state index in [1.54, 1.807) is 0 Å². The first-order valence-corrected chi connectivity index (χ1v) is 2.66. The molecule has 2 heteroatoms. The summed E-state index contributed by atoms with van der Waals surface area (Å²) in [6, 6.07) is 9.96. The molecule has 0 heterocycles. The molecule has 0 unspecified atom stereocenters. The van der Waals surface area contributed by atoms with Gasteiger partial charge < -0.3 is 9.24 Å². The second-order valence-corrected chi connectivity index (χ2v) is 1.94.